The Labute approximate surface area is 76.7 Å². The second-order valence-electron chi connectivity index (χ2n) is 3.22. The van der Waals surface area contributed by atoms with E-state index in [0.717, 1.165) is 24.1 Å². The molecule has 64 valence electrons. The van der Waals surface area contributed by atoms with E-state index in [-0.39, 0.29) is 4.87 Å². The van der Waals surface area contributed by atoms with E-state index in [9.17, 15) is 0 Å². The van der Waals surface area contributed by atoms with Gasteiger partial charge >= 0.3 is 0 Å². The van der Waals surface area contributed by atoms with E-state index in [0.29, 0.717) is 6.54 Å². The second kappa shape index (κ2) is 2.71. The zero-order chi connectivity index (χ0) is 8.60. The molecule has 0 amide bonds. The summed E-state index contributed by atoms with van der Waals surface area (Å²) in [6, 6.07) is 3.97. The summed E-state index contributed by atoms with van der Waals surface area (Å²) in [4.78, 5) is 4.13. The predicted molar refractivity (Wildman–Crippen MR) is 48.9 cm³/mol. The minimum absolute atomic E-state index is 0.146. The van der Waals surface area contributed by atoms with Gasteiger partial charge in [0.25, 0.3) is 0 Å². The molecular formula is C9H11ClN2. The monoisotopic (exact) mass is 182 g/mol. The number of nitrogens with two attached hydrogens (primary N) is 1. The minimum atomic E-state index is -0.146. The van der Waals surface area contributed by atoms with Crippen molar-refractivity contribution in [1.29, 1.82) is 0 Å². The van der Waals surface area contributed by atoms with Gasteiger partial charge in [-0.05, 0) is 24.5 Å². The molecule has 0 atom stereocenters. The smallest absolute Gasteiger partial charge is 0.0867 e. The number of nitrogens with zero attached hydrogens (tertiary/aromatic N) is 1. The van der Waals surface area contributed by atoms with E-state index >= 15 is 0 Å². The molecule has 3 heteroatoms. The van der Waals surface area contributed by atoms with Gasteiger partial charge in [-0.1, -0.05) is 6.07 Å². The molecule has 0 spiro atoms. The first-order valence-electron chi connectivity index (χ1n) is 4.09. The summed E-state index contributed by atoms with van der Waals surface area (Å²) in [6.45, 7) is 0.544. The lowest BCUT2D eigenvalue weighted by atomic mass is 10.2. The summed E-state index contributed by atoms with van der Waals surface area (Å²) < 4.78 is 0. The predicted octanol–water partition coefficient (Wildman–Crippen LogP) is 1.77. The highest BCUT2D eigenvalue weighted by Crippen LogP contribution is 2.50. The van der Waals surface area contributed by atoms with Crippen LogP contribution in [0.4, 0.5) is 0 Å². The van der Waals surface area contributed by atoms with Crippen molar-refractivity contribution in [2.45, 2.75) is 24.3 Å². The highest BCUT2D eigenvalue weighted by molar-refractivity contribution is 6.25. The maximum atomic E-state index is 6.17. The summed E-state index contributed by atoms with van der Waals surface area (Å²) in [6.07, 6.45) is 3.89. The van der Waals surface area contributed by atoms with Crippen molar-refractivity contribution in [3.8, 4) is 0 Å². The van der Waals surface area contributed by atoms with Gasteiger partial charge in [0.15, 0.2) is 0 Å². The molecule has 2 rings (SSSR count). The van der Waals surface area contributed by atoms with Crippen LogP contribution in [-0.4, -0.2) is 4.98 Å². The van der Waals surface area contributed by atoms with Crippen LogP contribution >= 0.6 is 11.6 Å². The molecule has 0 bridgehead atoms. The van der Waals surface area contributed by atoms with Gasteiger partial charge in [0, 0.05) is 12.7 Å². The molecule has 0 unspecified atom stereocenters. The average molecular weight is 183 g/mol. The van der Waals surface area contributed by atoms with Crippen LogP contribution in [0.2, 0.25) is 0 Å². The maximum absolute atomic E-state index is 6.17. The quantitative estimate of drug-likeness (QED) is 0.709. The van der Waals surface area contributed by atoms with Gasteiger partial charge in [0.2, 0.25) is 0 Å². The van der Waals surface area contributed by atoms with Gasteiger partial charge in [-0.2, -0.15) is 0 Å². The van der Waals surface area contributed by atoms with Crippen LogP contribution in [0.5, 0.6) is 0 Å². The zero-order valence-corrected chi connectivity index (χ0v) is 7.51. The molecule has 0 aliphatic heterocycles. The molecule has 0 saturated heterocycles. The average Bonchev–Trinajstić information content (AvgIpc) is 2.85. The van der Waals surface area contributed by atoms with E-state index < -0.39 is 0 Å². The first kappa shape index (κ1) is 8.02. The summed E-state index contributed by atoms with van der Waals surface area (Å²) in [5.74, 6) is 0. The van der Waals surface area contributed by atoms with Crippen molar-refractivity contribution < 1.29 is 0 Å². The Hall–Kier alpha value is -0.600. The normalized spacial score (nSPS) is 19.2. The number of hydrogen-bond acceptors (Lipinski definition) is 2. The summed E-state index contributed by atoms with van der Waals surface area (Å²) in [5, 5.41) is 0. The molecule has 1 aromatic heterocycles. The van der Waals surface area contributed by atoms with Crippen LogP contribution < -0.4 is 5.73 Å². The molecule has 1 aromatic rings. The molecule has 1 aliphatic carbocycles. The van der Waals surface area contributed by atoms with Crippen LogP contribution in [0.3, 0.4) is 0 Å². The standard InChI is InChI=1S/C9H11ClN2/c10-9(3-4-9)8-2-1-7(5-11)6-12-8/h1-2,6H,3-5,11H2. The van der Waals surface area contributed by atoms with Crippen LogP contribution in [0.25, 0.3) is 0 Å². The molecule has 12 heavy (non-hydrogen) atoms. The van der Waals surface area contributed by atoms with E-state index in [1.165, 1.54) is 0 Å². The molecule has 0 aromatic carbocycles. The Morgan fingerprint density at radius 3 is 2.67 bits per heavy atom. The van der Waals surface area contributed by atoms with E-state index in [1.54, 1.807) is 6.20 Å². The van der Waals surface area contributed by atoms with Crippen LogP contribution in [-0.2, 0) is 11.4 Å². The van der Waals surface area contributed by atoms with Crippen LogP contribution in [0, 0.1) is 0 Å². The number of alkyl halides is 1. The summed E-state index contributed by atoms with van der Waals surface area (Å²) >= 11 is 6.17. The third-order valence-electron chi connectivity index (χ3n) is 2.21. The number of aromatic nitrogens is 1. The lowest BCUT2D eigenvalue weighted by molar-refractivity contribution is 0.920. The Kier molecular flexibility index (Phi) is 1.81. The Bertz CT molecular complexity index is 277. The minimum Gasteiger partial charge on any atom is -0.326 e. The highest BCUT2D eigenvalue weighted by Gasteiger charge is 2.43. The van der Waals surface area contributed by atoms with Gasteiger partial charge < -0.3 is 5.73 Å². The van der Waals surface area contributed by atoms with E-state index in [1.807, 2.05) is 12.1 Å². The number of halogens is 1. The molecule has 1 saturated carbocycles. The molecule has 2 nitrogen and oxygen atoms in total. The molecule has 2 N–H and O–H groups in total. The zero-order valence-electron chi connectivity index (χ0n) is 6.76. The van der Waals surface area contributed by atoms with Crippen molar-refractivity contribution in [2.75, 3.05) is 0 Å². The first-order chi connectivity index (χ1) is 5.74. The molecule has 1 aliphatic rings. The highest BCUT2D eigenvalue weighted by atomic mass is 35.5. The Balaban J connectivity index is 2.25. The van der Waals surface area contributed by atoms with Gasteiger partial charge in [-0.25, -0.2) is 0 Å². The van der Waals surface area contributed by atoms with E-state index in [4.69, 9.17) is 17.3 Å². The topological polar surface area (TPSA) is 38.9 Å². The molecule has 0 radical (unpaired) electrons. The number of rotatable bonds is 2. The fourth-order valence-corrected chi connectivity index (χ4v) is 1.38. The van der Waals surface area contributed by atoms with Crippen LogP contribution in [0.15, 0.2) is 18.3 Å². The van der Waals surface area contributed by atoms with Gasteiger partial charge in [0.05, 0.1) is 10.6 Å². The lowest BCUT2D eigenvalue weighted by Gasteiger charge is -2.05. The fourth-order valence-electron chi connectivity index (χ4n) is 1.18. The van der Waals surface area contributed by atoms with Gasteiger partial charge in [-0.15, -0.1) is 11.6 Å². The third-order valence-corrected chi connectivity index (χ3v) is 2.78. The van der Waals surface area contributed by atoms with Crippen molar-refractivity contribution in [3.05, 3.63) is 29.6 Å². The van der Waals surface area contributed by atoms with Crippen molar-refractivity contribution >= 4 is 11.6 Å². The second-order valence-corrected chi connectivity index (χ2v) is 3.94. The van der Waals surface area contributed by atoms with Gasteiger partial charge in [-0.3, -0.25) is 4.98 Å². The van der Waals surface area contributed by atoms with Crippen molar-refractivity contribution in [3.63, 3.8) is 0 Å². The van der Waals surface area contributed by atoms with Crippen molar-refractivity contribution in [2.24, 2.45) is 5.73 Å². The maximum Gasteiger partial charge on any atom is 0.0867 e. The van der Waals surface area contributed by atoms with Crippen molar-refractivity contribution in [1.82, 2.24) is 4.98 Å². The third kappa shape index (κ3) is 1.32. The summed E-state index contributed by atoms with van der Waals surface area (Å²) in [5.41, 5.74) is 7.49. The number of pyridine rings is 1. The SMILES string of the molecule is NCc1ccc(C2(Cl)CC2)nc1. The lowest BCUT2D eigenvalue weighted by Crippen LogP contribution is -2.02. The Morgan fingerprint density at radius 1 is 1.50 bits per heavy atom. The first-order valence-corrected chi connectivity index (χ1v) is 4.47. The largest absolute Gasteiger partial charge is 0.326 e. The van der Waals surface area contributed by atoms with Gasteiger partial charge in [0.1, 0.15) is 0 Å². The fraction of sp³-hybridized carbons (Fsp3) is 0.444. The van der Waals surface area contributed by atoms with Crippen LogP contribution in [0.1, 0.15) is 24.1 Å². The molecular weight excluding hydrogens is 172 g/mol. The number of hydrogen-bond donors (Lipinski definition) is 1. The Morgan fingerprint density at radius 2 is 2.25 bits per heavy atom. The van der Waals surface area contributed by atoms with E-state index in [2.05, 4.69) is 4.98 Å². The molecule has 1 fully saturated rings. The molecule has 1 heterocycles. The summed E-state index contributed by atoms with van der Waals surface area (Å²) in [7, 11) is 0.